The summed E-state index contributed by atoms with van der Waals surface area (Å²) in [6, 6.07) is 13.4. The van der Waals surface area contributed by atoms with E-state index >= 15 is 0 Å². The first-order valence-corrected chi connectivity index (χ1v) is 5.66. The number of hydrogen-bond donors (Lipinski definition) is 1. The van der Waals surface area contributed by atoms with E-state index in [9.17, 15) is 8.78 Å². The molecule has 19 heavy (non-hydrogen) atoms. The van der Waals surface area contributed by atoms with Gasteiger partial charge in [-0.05, 0) is 18.2 Å². The van der Waals surface area contributed by atoms with Crippen LogP contribution >= 0.6 is 0 Å². The van der Waals surface area contributed by atoms with Crippen molar-refractivity contribution in [2.45, 2.75) is 13.2 Å². The summed E-state index contributed by atoms with van der Waals surface area (Å²) in [5.41, 5.74) is 6.74. The maximum atomic E-state index is 12.2. The van der Waals surface area contributed by atoms with E-state index in [-0.39, 0.29) is 12.4 Å². The zero-order valence-electron chi connectivity index (χ0n) is 10.1. The van der Waals surface area contributed by atoms with Gasteiger partial charge in [-0.3, -0.25) is 0 Å². The Kier molecular flexibility index (Phi) is 4.18. The Morgan fingerprint density at radius 3 is 2.58 bits per heavy atom. The van der Waals surface area contributed by atoms with E-state index in [1.165, 1.54) is 6.07 Å². The molecule has 2 N–H and O–H groups in total. The van der Waals surface area contributed by atoms with Crippen LogP contribution in [0.5, 0.6) is 11.5 Å². The summed E-state index contributed by atoms with van der Waals surface area (Å²) in [7, 11) is 0. The highest BCUT2D eigenvalue weighted by Gasteiger charge is 2.09. The number of rotatable bonds is 5. The third-order valence-electron chi connectivity index (χ3n) is 2.44. The van der Waals surface area contributed by atoms with Crippen LogP contribution in [0.4, 0.5) is 14.5 Å². The number of ether oxygens (including phenoxy) is 2. The molecule has 0 aliphatic heterocycles. The van der Waals surface area contributed by atoms with Crippen molar-refractivity contribution in [3.05, 3.63) is 54.1 Å². The van der Waals surface area contributed by atoms with E-state index in [0.29, 0.717) is 17.0 Å². The number of anilines is 1. The van der Waals surface area contributed by atoms with Gasteiger partial charge in [-0.1, -0.05) is 24.3 Å². The van der Waals surface area contributed by atoms with E-state index in [1.54, 1.807) is 42.5 Å². The lowest BCUT2D eigenvalue weighted by molar-refractivity contribution is -0.0508. The molecule has 3 nitrogen and oxygen atoms in total. The lowest BCUT2D eigenvalue weighted by Gasteiger charge is -2.11. The van der Waals surface area contributed by atoms with Crippen LogP contribution in [0, 0.1) is 0 Å². The number of alkyl halides is 2. The van der Waals surface area contributed by atoms with Gasteiger partial charge in [-0.15, -0.1) is 0 Å². The number of para-hydroxylation sites is 1. The van der Waals surface area contributed by atoms with Crippen LogP contribution in [0.25, 0.3) is 0 Å². The zero-order chi connectivity index (χ0) is 13.7. The Bertz CT molecular complexity index is 546. The second-order valence-corrected chi connectivity index (χ2v) is 3.85. The van der Waals surface area contributed by atoms with Gasteiger partial charge in [0.05, 0.1) is 0 Å². The first-order chi connectivity index (χ1) is 9.15. The Balaban J connectivity index is 2.07. The summed E-state index contributed by atoms with van der Waals surface area (Å²) in [4.78, 5) is 0. The third-order valence-corrected chi connectivity index (χ3v) is 2.44. The number of nitrogens with two attached hydrogens (primary N) is 1. The van der Waals surface area contributed by atoms with E-state index in [0.717, 1.165) is 0 Å². The maximum Gasteiger partial charge on any atom is 0.387 e. The van der Waals surface area contributed by atoms with Crippen molar-refractivity contribution in [3.8, 4) is 11.5 Å². The fourth-order valence-corrected chi connectivity index (χ4v) is 1.60. The fraction of sp³-hybridized carbons (Fsp3) is 0.143. The van der Waals surface area contributed by atoms with E-state index < -0.39 is 6.61 Å². The molecule has 2 rings (SSSR count). The van der Waals surface area contributed by atoms with Crippen LogP contribution in [0.1, 0.15) is 5.56 Å². The maximum absolute atomic E-state index is 12.2. The minimum atomic E-state index is -2.85. The van der Waals surface area contributed by atoms with Crippen LogP contribution < -0.4 is 15.2 Å². The molecule has 0 unspecified atom stereocenters. The highest BCUT2D eigenvalue weighted by atomic mass is 19.3. The molecular weight excluding hydrogens is 252 g/mol. The summed E-state index contributed by atoms with van der Waals surface area (Å²) in [5.74, 6) is 0.688. The van der Waals surface area contributed by atoms with Crippen molar-refractivity contribution in [2.24, 2.45) is 0 Å². The van der Waals surface area contributed by atoms with Gasteiger partial charge in [0.15, 0.2) is 0 Å². The Morgan fingerprint density at radius 1 is 1.05 bits per heavy atom. The van der Waals surface area contributed by atoms with Gasteiger partial charge in [0.2, 0.25) is 0 Å². The van der Waals surface area contributed by atoms with Gasteiger partial charge in [-0.25, -0.2) is 0 Å². The number of nitrogen functional groups attached to an aromatic ring is 1. The molecule has 0 aromatic heterocycles. The Labute approximate surface area is 109 Å². The smallest absolute Gasteiger partial charge is 0.387 e. The molecule has 0 atom stereocenters. The molecule has 2 aromatic rings. The zero-order valence-corrected chi connectivity index (χ0v) is 10.1. The van der Waals surface area contributed by atoms with Crippen molar-refractivity contribution in [1.82, 2.24) is 0 Å². The minimum Gasteiger partial charge on any atom is -0.489 e. The standard InChI is InChI=1S/C14H13F2NO2/c15-14(16)19-13-7-2-1-4-10(13)9-18-12-6-3-5-11(17)8-12/h1-8,14H,9,17H2. The average Bonchev–Trinajstić information content (AvgIpc) is 2.37. The normalized spacial score (nSPS) is 10.5. The molecule has 0 saturated heterocycles. The van der Waals surface area contributed by atoms with E-state index in [2.05, 4.69) is 4.74 Å². The quantitative estimate of drug-likeness (QED) is 0.842. The van der Waals surface area contributed by atoms with E-state index in [1.807, 2.05) is 0 Å². The SMILES string of the molecule is Nc1cccc(OCc2ccccc2OC(F)F)c1. The van der Waals surface area contributed by atoms with Gasteiger partial charge < -0.3 is 15.2 Å². The largest absolute Gasteiger partial charge is 0.489 e. The first kappa shape index (κ1) is 13.1. The molecule has 0 bridgehead atoms. The highest BCUT2D eigenvalue weighted by Crippen LogP contribution is 2.23. The topological polar surface area (TPSA) is 44.5 Å². The molecule has 0 amide bonds. The molecule has 0 heterocycles. The molecule has 100 valence electrons. The van der Waals surface area contributed by atoms with Crippen molar-refractivity contribution in [1.29, 1.82) is 0 Å². The van der Waals surface area contributed by atoms with Crippen molar-refractivity contribution in [3.63, 3.8) is 0 Å². The molecule has 0 spiro atoms. The summed E-state index contributed by atoms with van der Waals surface area (Å²) in [6.45, 7) is -2.72. The van der Waals surface area contributed by atoms with Crippen molar-refractivity contribution >= 4 is 5.69 Å². The average molecular weight is 265 g/mol. The third kappa shape index (κ3) is 3.84. The van der Waals surface area contributed by atoms with Gasteiger partial charge in [0.25, 0.3) is 0 Å². The lowest BCUT2D eigenvalue weighted by atomic mass is 10.2. The van der Waals surface area contributed by atoms with Gasteiger partial charge in [-0.2, -0.15) is 8.78 Å². The minimum absolute atomic E-state index is 0.112. The molecular formula is C14H13F2NO2. The molecule has 0 aliphatic rings. The second-order valence-electron chi connectivity index (χ2n) is 3.85. The van der Waals surface area contributed by atoms with Crippen LogP contribution in [-0.2, 0) is 6.61 Å². The fourth-order valence-electron chi connectivity index (χ4n) is 1.60. The van der Waals surface area contributed by atoms with Crippen LogP contribution in [0.15, 0.2) is 48.5 Å². The number of benzene rings is 2. The second kappa shape index (κ2) is 6.04. The summed E-state index contributed by atoms with van der Waals surface area (Å²) >= 11 is 0. The molecule has 0 fully saturated rings. The first-order valence-electron chi connectivity index (χ1n) is 5.66. The predicted molar refractivity (Wildman–Crippen MR) is 68.3 cm³/mol. The summed E-state index contributed by atoms with van der Waals surface area (Å²) < 4.78 is 34.4. The van der Waals surface area contributed by atoms with E-state index in [4.69, 9.17) is 10.5 Å². The molecule has 5 heteroatoms. The van der Waals surface area contributed by atoms with Gasteiger partial charge in [0, 0.05) is 17.3 Å². The highest BCUT2D eigenvalue weighted by molar-refractivity contribution is 5.43. The lowest BCUT2D eigenvalue weighted by Crippen LogP contribution is -2.06. The summed E-state index contributed by atoms with van der Waals surface area (Å²) in [6.07, 6.45) is 0. The number of halogens is 2. The molecule has 0 saturated carbocycles. The van der Waals surface area contributed by atoms with Crippen LogP contribution in [-0.4, -0.2) is 6.61 Å². The summed E-state index contributed by atoms with van der Waals surface area (Å²) in [5, 5.41) is 0. The monoisotopic (exact) mass is 265 g/mol. The van der Waals surface area contributed by atoms with Gasteiger partial charge >= 0.3 is 6.61 Å². The van der Waals surface area contributed by atoms with Crippen molar-refractivity contribution < 1.29 is 18.3 Å². The van der Waals surface area contributed by atoms with Crippen LogP contribution in [0.2, 0.25) is 0 Å². The van der Waals surface area contributed by atoms with Gasteiger partial charge in [0.1, 0.15) is 18.1 Å². The van der Waals surface area contributed by atoms with Crippen LogP contribution in [0.3, 0.4) is 0 Å². The molecule has 0 radical (unpaired) electrons. The van der Waals surface area contributed by atoms with Crippen molar-refractivity contribution in [2.75, 3.05) is 5.73 Å². The molecule has 2 aromatic carbocycles. The molecule has 0 aliphatic carbocycles. The number of hydrogen-bond acceptors (Lipinski definition) is 3. The Morgan fingerprint density at radius 2 is 1.84 bits per heavy atom. The Hall–Kier alpha value is -2.30. The predicted octanol–water partition coefficient (Wildman–Crippen LogP) is 3.45.